The van der Waals surface area contributed by atoms with Gasteiger partial charge in [-0.3, -0.25) is 0 Å². The van der Waals surface area contributed by atoms with Crippen molar-refractivity contribution in [1.29, 1.82) is 0 Å². The van der Waals surface area contributed by atoms with E-state index in [2.05, 4.69) is 4.90 Å². The minimum absolute atomic E-state index is 0.599. The van der Waals surface area contributed by atoms with Gasteiger partial charge in [-0.25, -0.2) is 4.79 Å². The maximum absolute atomic E-state index is 11.3. The highest BCUT2D eigenvalue weighted by Gasteiger charge is 2.27. The number of carbonyl (C=O) groups is 1. The van der Waals surface area contributed by atoms with Crippen LogP contribution in [0.3, 0.4) is 0 Å². The maximum atomic E-state index is 11.3. The summed E-state index contributed by atoms with van der Waals surface area (Å²) in [6.07, 6.45) is 6.88. The Morgan fingerprint density at radius 2 is 1.71 bits per heavy atom. The van der Waals surface area contributed by atoms with Crippen LogP contribution in [0.15, 0.2) is 0 Å². The summed E-state index contributed by atoms with van der Waals surface area (Å²) in [6.45, 7) is 2.21. The fourth-order valence-corrected chi connectivity index (χ4v) is 4.25. The van der Waals surface area contributed by atoms with Crippen molar-refractivity contribution >= 4 is 22.3 Å². The molecule has 1 aromatic rings. The third-order valence-electron chi connectivity index (χ3n) is 3.79. The van der Waals surface area contributed by atoms with E-state index in [1.54, 1.807) is 0 Å². The molecule has 4 heteroatoms. The molecule has 2 aliphatic rings. The molecular weight excluding hydrogens is 234 g/mol. The molecule has 1 saturated heterocycles. The summed E-state index contributed by atoms with van der Waals surface area (Å²) in [5.74, 6) is -0.737. The van der Waals surface area contributed by atoms with Gasteiger partial charge in [0.1, 0.15) is 4.88 Å². The van der Waals surface area contributed by atoms with E-state index in [1.807, 2.05) is 0 Å². The van der Waals surface area contributed by atoms with Gasteiger partial charge in [-0.2, -0.15) is 0 Å². The zero-order chi connectivity index (χ0) is 11.8. The van der Waals surface area contributed by atoms with Crippen LogP contribution in [0, 0.1) is 0 Å². The third kappa shape index (κ3) is 1.84. The Bertz CT molecular complexity index is 447. The van der Waals surface area contributed by atoms with Crippen LogP contribution in [0.1, 0.15) is 46.5 Å². The van der Waals surface area contributed by atoms with Crippen LogP contribution in [-0.4, -0.2) is 24.2 Å². The second-order valence-electron chi connectivity index (χ2n) is 4.90. The third-order valence-corrected chi connectivity index (χ3v) is 5.11. The average molecular weight is 251 g/mol. The van der Waals surface area contributed by atoms with Crippen molar-refractivity contribution in [3.63, 3.8) is 0 Å². The number of aromatic carboxylic acids is 1. The van der Waals surface area contributed by atoms with E-state index in [1.165, 1.54) is 41.2 Å². The minimum Gasteiger partial charge on any atom is -0.477 e. The molecule has 0 spiro atoms. The zero-order valence-electron chi connectivity index (χ0n) is 9.87. The lowest BCUT2D eigenvalue weighted by molar-refractivity contribution is 0.0701. The maximum Gasteiger partial charge on any atom is 0.346 e. The van der Waals surface area contributed by atoms with E-state index in [0.717, 1.165) is 37.9 Å². The molecular formula is C13H17NO2S. The number of rotatable bonds is 2. The number of hydrogen-bond donors (Lipinski definition) is 1. The van der Waals surface area contributed by atoms with Crippen molar-refractivity contribution in [2.45, 2.75) is 38.5 Å². The van der Waals surface area contributed by atoms with Crippen molar-refractivity contribution in [2.24, 2.45) is 0 Å². The first kappa shape index (κ1) is 11.1. The fraction of sp³-hybridized carbons (Fsp3) is 0.615. The lowest BCUT2D eigenvalue weighted by atomic mass is 9.93. The molecule has 0 radical (unpaired) electrons. The molecule has 17 heavy (non-hydrogen) atoms. The second kappa shape index (κ2) is 4.33. The highest BCUT2D eigenvalue weighted by atomic mass is 32.1. The summed E-state index contributed by atoms with van der Waals surface area (Å²) < 4.78 is 0. The Balaban J connectivity index is 2.05. The Labute approximate surface area is 105 Å². The van der Waals surface area contributed by atoms with Gasteiger partial charge >= 0.3 is 5.97 Å². The number of thiophene rings is 1. The van der Waals surface area contributed by atoms with Gasteiger partial charge in [0.25, 0.3) is 0 Å². The summed E-state index contributed by atoms with van der Waals surface area (Å²) in [5, 5.41) is 10.5. The van der Waals surface area contributed by atoms with Gasteiger partial charge < -0.3 is 10.0 Å². The van der Waals surface area contributed by atoms with E-state index < -0.39 is 5.97 Å². The number of fused-ring (bicyclic) bond motifs is 1. The molecule has 1 N–H and O–H groups in total. The SMILES string of the molecule is O=C(O)c1sc(N2CCCC2)c2c1CCCC2. The predicted molar refractivity (Wildman–Crippen MR) is 69.4 cm³/mol. The number of anilines is 1. The van der Waals surface area contributed by atoms with Gasteiger partial charge in [-0.05, 0) is 49.7 Å². The second-order valence-corrected chi connectivity index (χ2v) is 5.90. The first-order valence-electron chi connectivity index (χ1n) is 6.40. The quantitative estimate of drug-likeness (QED) is 0.878. The van der Waals surface area contributed by atoms with Crippen molar-refractivity contribution in [3.8, 4) is 0 Å². The van der Waals surface area contributed by atoms with Gasteiger partial charge in [0.2, 0.25) is 0 Å². The van der Waals surface area contributed by atoms with Crippen molar-refractivity contribution in [3.05, 3.63) is 16.0 Å². The van der Waals surface area contributed by atoms with Gasteiger partial charge in [-0.1, -0.05) is 0 Å². The smallest absolute Gasteiger partial charge is 0.346 e. The molecule has 2 heterocycles. The molecule has 1 aromatic heterocycles. The van der Waals surface area contributed by atoms with Crippen LogP contribution in [0.25, 0.3) is 0 Å². The standard InChI is InChI=1S/C13H17NO2S/c15-13(16)11-9-5-1-2-6-10(9)12(17-11)14-7-3-4-8-14/h1-8H2,(H,15,16). The number of carboxylic acids is 1. The molecule has 0 amide bonds. The molecule has 0 bridgehead atoms. The van der Waals surface area contributed by atoms with Crippen LogP contribution < -0.4 is 4.90 Å². The Morgan fingerprint density at radius 3 is 2.35 bits per heavy atom. The highest BCUT2D eigenvalue weighted by Crippen LogP contribution is 2.41. The van der Waals surface area contributed by atoms with Crippen molar-refractivity contribution in [1.82, 2.24) is 0 Å². The molecule has 3 rings (SSSR count). The molecule has 1 aliphatic heterocycles. The van der Waals surface area contributed by atoms with E-state index >= 15 is 0 Å². The Morgan fingerprint density at radius 1 is 1.06 bits per heavy atom. The van der Waals surface area contributed by atoms with Gasteiger partial charge in [-0.15, -0.1) is 11.3 Å². The number of hydrogen-bond acceptors (Lipinski definition) is 3. The average Bonchev–Trinajstić information content (AvgIpc) is 2.95. The van der Waals surface area contributed by atoms with Crippen molar-refractivity contribution < 1.29 is 9.90 Å². The first-order chi connectivity index (χ1) is 8.27. The first-order valence-corrected chi connectivity index (χ1v) is 7.22. The van der Waals surface area contributed by atoms with Crippen LogP contribution in [0.2, 0.25) is 0 Å². The summed E-state index contributed by atoms with van der Waals surface area (Å²) in [7, 11) is 0. The molecule has 0 saturated carbocycles. The van der Waals surface area contributed by atoms with Crippen LogP contribution >= 0.6 is 11.3 Å². The number of carboxylic acid groups (broad SMARTS) is 1. The Kier molecular flexibility index (Phi) is 2.82. The zero-order valence-corrected chi connectivity index (χ0v) is 10.7. The van der Waals surface area contributed by atoms with E-state index in [9.17, 15) is 9.90 Å². The fourth-order valence-electron chi connectivity index (χ4n) is 2.96. The van der Waals surface area contributed by atoms with E-state index in [4.69, 9.17) is 0 Å². The van der Waals surface area contributed by atoms with Crippen LogP contribution in [0.5, 0.6) is 0 Å². The summed E-state index contributed by atoms with van der Waals surface area (Å²) in [6, 6.07) is 0. The number of nitrogens with zero attached hydrogens (tertiary/aromatic N) is 1. The predicted octanol–water partition coefficient (Wildman–Crippen LogP) is 2.93. The van der Waals surface area contributed by atoms with E-state index in [0.29, 0.717) is 4.88 Å². The summed E-state index contributed by atoms with van der Waals surface area (Å²) in [5.41, 5.74) is 2.48. The topological polar surface area (TPSA) is 40.5 Å². The molecule has 92 valence electrons. The van der Waals surface area contributed by atoms with Crippen LogP contribution in [0.4, 0.5) is 5.00 Å². The Hall–Kier alpha value is -1.03. The largest absolute Gasteiger partial charge is 0.477 e. The van der Waals surface area contributed by atoms with Crippen LogP contribution in [-0.2, 0) is 12.8 Å². The minimum atomic E-state index is -0.737. The lowest BCUT2D eigenvalue weighted by Gasteiger charge is -2.20. The van der Waals surface area contributed by atoms with Gasteiger partial charge in [0.15, 0.2) is 0 Å². The molecule has 0 unspecified atom stereocenters. The molecule has 3 nitrogen and oxygen atoms in total. The van der Waals surface area contributed by atoms with Gasteiger partial charge in [0, 0.05) is 13.1 Å². The molecule has 0 atom stereocenters. The molecule has 1 aliphatic carbocycles. The summed E-state index contributed by atoms with van der Waals surface area (Å²) >= 11 is 1.51. The molecule has 0 aromatic carbocycles. The van der Waals surface area contributed by atoms with E-state index in [-0.39, 0.29) is 0 Å². The normalized spacial score (nSPS) is 19.4. The lowest BCUT2D eigenvalue weighted by Crippen LogP contribution is -2.18. The summed E-state index contributed by atoms with van der Waals surface area (Å²) in [4.78, 5) is 14.3. The highest BCUT2D eigenvalue weighted by molar-refractivity contribution is 7.18. The van der Waals surface area contributed by atoms with Crippen molar-refractivity contribution in [2.75, 3.05) is 18.0 Å². The monoisotopic (exact) mass is 251 g/mol. The van der Waals surface area contributed by atoms with Gasteiger partial charge in [0.05, 0.1) is 5.00 Å². The molecule has 1 fully saturated rings.